The fourth-order valence-electron chi connectivity index (χ4n) is 2.05. The first-order chi connectivity index (χ1) is 7.21. The Balaban J connectivity index is 2.19. The van der Waals surface area contributed by atoms with Crippen LogP contribution in [0.4, 0.5) is 0 Å². The van der Waals surface area contributed by atoms with Gasteiger partial charge in [0.05, 0.1) is 11.9 Å². The molecule has 15 heavy (non-hydrogen) atoms. The van der Waals surface area contributed by atoms with Gasteiger partial charge >= 0.3 is 0 Å². The topological polar surface area (TPSA) is 49.2 Å². The Kier molecular flexibility index (Phi) is 2.98. The molecule has 1 aliphatic heterocycles. The average Bonchev–Trinajstić information content (AvgIpc) is 2.44. The van der Waals surface area contributed by atoms with E-state index < -0.39 is 5.60 Å². The van der Waals surface area contributed by atoms with Gasteiger partial charge in [0.2, 0.25) is 0 Å². The van der Waals surface area contributed by atoms with Crippen LogP contribution in [0.15, 0.2) is 18.6 Å². The lowest BCUT2D eigenvalue weighted by atomic mass is 9.91. The molecule has 2 heterocycles. The molecule has 0 aromatic carbocycles. The van der Waals surface area contributed by atoms with Crippen molar-refractivity contribution < 1.29 is 5.11 Å². The summed E-state index contributed by atoms with van der Waals surface area (Å²) in [6.45, 7) is 1.95. The first-order valence-corrected chi connectivity index (χ1v) is 5.38. The van der Waals surface area contributed by atoms with E-state index in [-0.39, 0.29) is 0 Å². The van der Waals surface area contributed by atoms with Crippen molar-refractivity contribution in [1.82, 2.24) is 14.9 Å². The largest absolute Gasteiger partial charge is 0.383 e. The Hall–Kier alpha value is -1.00. The molecular formula is C11H17N3O. The molecule has 1 aliphatic rings. The van der Waals surface area contributed by atoms with E-state index in [9.17, 15) is 5.11 Å². The van der Waals surface area contributed by atoms with Gasteiger partial charge in [0.15, 0.2) is 0 Å². The number of aromatic nitrogens is 2. The van der Waals surface area contributed by atoms with E-state index in [1.54, 1.807) is 18.6 Å². The number of likely N-dealkylation sites (tertiary alicyclic amines) is 1. The third kappa shape index (κ3) is 2.33. The summed E-state index contributed by atoms with van der Waals surface area (Å²) < 4.78 is 0. The fraction of sp³-hybridized carbons (Fsp3) is 0.636. The Morgan fingerprint density at radius 2 is 2.20 bits per heavy atom. The monoisotopic (exact) mass is 207 g/mol. The quantitative estimate of drug-likeness (QED) is 0.739. The van der Waals surface area contributed by atoms with E-state index in [1.165, 1.54) is 0 Å². The molecule has 1 fully saturated rings. The number of aliphatic hydroxyl groups is 1. The highest BCUT2D eigenvalue weighted by atomic mass is 16.3. The van der Waals surface area contributed by atoms with E-state index in [1.807, 2.05) is 0 Å². The third-order valence-electron chi connectivity index (χ3n) is 3.08. The standard InChI is InChI=1S/C11H17N3O/c1-14-7-2-3-11(15,4-8-14)10-9-12-5-6-13-10/h5-6,9,15H,2-4,7-8H2,1H3. The first-order valence-electron chi connectivity index (χ1n) is 5.38. The molecule has 82 valence electrons. The van der Waals surface area contributed by atoms with Crippen LogP contribution in [0, 0.1) is 0 Å². The van der Waals surface area contributed by atoms with Crippen LogP contribution < -0.4 is 0 Å². The maximum atomic E-state index is 10.5. The van der Waals surface area contributed by atoms with Gasteiger partial charge in [-0.3, -0.25) is 9.97 Å². The molecule has 4 nitrogen and oxygen atoms in total. The van der Waals surface area contributed by atoms with E-state index in [2.05, 4.69) is 21.9 Å². The number of hydrogen-bond donors (Lipinski definition) is 1. The molecule has 1 unspecified atom stereocenters. The second-order valence-electron chi connectivity index (χ2n) is 4.28. The van der Waals surface area contributed by atoms with Crippen molar-refractivity contribution in [2.75, 3.05) is 20.1 Å². The lowest BCUT2D eigenvalue weighted by Crippen LogP contribution is -2.28. The molecule has 4 heteroatoms. The normalized spacial score (nSPS) is 28.7. The molecule has 1 N–H and O–H groups in total. The fourth-order valence-corrected chi connectivity index (χ4v) is 2.05. The lowest BCUT2D eigenvalue weighted by Gasteiger charge is -2.25. The zero-order valence-electron chi connectivity index (χ0n) is 9.06. The Bertz CT molecular complexity index is 317. The zero-order valence-corrected chi connectivity index (χ0v) is 9.06. The second kappa shape index (κ2) is 4.24. The van der Waals surface area contributed by atoms with Crippen molar-refractivity contribution in [1.29, 1.82) is 0 Å². The highest BCUT2D eigenvalue weighted by Crippen LogP contribution is 2.30. The van der Waals surface area contributed by atoms with Gasteiger partial charge in [-0.1, -0.05) is 0 Å². The number of hydrogen-bond acceptors (Lipinski definition) is 4. The average molecular weight is 207 g/mol. The molecule has 0 spiro atoms. The van der Waals surface area contributed by atoms with E-state index in [0.29, 0.717) is 5.69 Å². The van der Waals surface area contributed by atoms with E-state index in [0.717, 1.165) is 32.4 Å². The van der Waals surface area contributed by atoms with Crippen molar-refractivity contribution >= 4 is 0 Å². The summed E-state index contributed by atoms with van der Waals surface area (Å²) >= 11 is 0. The van der Waals surface area contributed by atoms with Crippen molar-refractivity contribution in [3.63, 3.8) is 0 Å². The summed E-state index contributed by atoms with van der Waals surface area (Å²) in [4.78, 5) is 10.5. The molecule has 2 rings (SSSR count). The highest BCUT2D eigenvalue weighted by Gasteiger charge is 2.32. The minimum Gasteiger partial charge on any atom is -0.383 e. The Morgan fingerprint density at radius 1 is 1.33 bits per heavy atom. The summed E-state index contributed by atoms with van der Waals surface area (Å²) in [5.41, 5.74) is -0.0701. The van der Waals surface area contributed by atoms with Crippen LogP contribution in [0.2, 0.25) is 0 Å². The highest BCUT2D eigenvalue weighted by molar-refractivity contribution is 5.08. The summed E-state index contributed by atoms with van der Waals surface area (Å²) in [7, 11) is 2.09. The van der Waals surface area contributed by atoms with Crippen LogP contribution >= 0.6 is 0 Å². The molecule has 0 radical (unpaired) electrons. The van der Waals surface area contributed by atoms with Gasteiger partial charge in [0.25, 0.3) is 0 Å². The summed E-state index contributed by atoms with van der Waals surface area (Å²) in [5.74, 6) is 0. The molecule has 0 aliphatic carbocycles. The maximum Gasteiger partial charge on any atom is 0.109 e. The van der Waals surface area contributed by atoms with Crippen LogP contribution in [0.25, 0.3) is 0 Å². The molecule has 1 atom stereocenters. The molecule has 1 aromatic rings. The summed E-state index contributed by atoms with van der Waals surface area (Å²) in [6.07, 6.45) is 7.46. The minimum atomic E-state index is -0.779. The van der Waals surface area contributed by atoms with Gasteiger partial charge in [-0.15, -0.1) is 0 Å². The number of rotatable bonds is 1. The van der Waals surface area contributed by atoms with Crippen LogP contribution in [0.5, 0.6) is 0 Å². The van der Waals surface area contributed by atoms with Crippen LogP contribution in [0.3, 0.4) is 0 Å². The third-order valence-corrected chi connectivity index (χ3v) is 3.08. The van der Waals surface area contributed by atoms with Gasteiger partial charge < -0.3 is 10.0 Å². The lowest BCUT2D eigenvalue weighted by molar-refractivity contribution is 0.0172. The van der Waals surface area contributed by atoms with Gasteiger partial charge in [-0.05, 0) is 32.9 Å². The predicted molar refractivity (Wildman–Crippen MR) is 57.3 cm³/mol. The van der Waals surface area contributed by atoms with Gasteiger partial charge in [0, 0.05) is 18.9 Å². The van der Waals surface area contributed by atoms with E-state index in [4.69, 9.17) is 0 Å². The molecule has 1 aromatic heterocycles. The molecular weight excluding hydrogens is 190 g/mol. The molecule has 0 saturated carbocycles. The van der Waals surface area contributed by atoms with Crippen LogP contribution in [0.1, 0.15) is 25.0 Å². The van der Waals surface area contributed by atoms with Gasteiger partial charge in [0.1, 0.15) is 5.60 Å². The molecule has 0 amide bonds. The van der Waals surface area contributed by atoms with Crippen molar-refractivity contribution in [2.24, 2.45) is 0 Å². The van der Waals surface area contributed by atoms with E-state index >= 15 is 0 Å². The Labute approximate surface area is 90.0 Å². The summed E-state index contributed by atoms with van der Waals surface area (Å²) in [5, 5.41) is 10.5. The maximum absolute atomic E-state index is 10.5. The Morgan fingerprint density at radius 3 is 2.93 bits per heavy atom. The minimum absolute atomic E-state index is 0.709. The SMILES string of the molecule is CN1CCCC(O)(c2cnccn2)CC1. The van der Waals surface area contributed by atoms with Gasteiger partial charge in [-0.25, -0.2) is 0 Å². The smallest absolute Gasteiger partial charge is 0.109 e. The first kappa shape index (κ1) is 10.5. The number of nitrogens with zero attached hydrogens (tertiary/aromatic N) is 3. The second-order valence-corrected chi connectivity index (χ2v) is 4.28. The zero-order chi connectivity index (χ0) is 10.7. The van der Waals surface area contributed by atoms with Crippen molar-refractivity contribution in [3.05, 3.63) is 24.3 Å². The van der Waals surface area contributed by atoms with Crippen LogP contribution in [-0.4, -0.2) is 40.1 Å². The van der Waals surface area contributed by atoms with Crippen molar-refractivity contribution in [3.8, 4) is 0 Å². The summed E-state index contributed by atoms with van der Waals surface area (Å²) in [6, 6.07) is 0. The van der Waals surface area contributed by atoms with Gasteiger partial charge in [-0.2, -0.15) is 0 Å². The predicted octanol–water partition coefficient (Wildman–Crippen LogP) is 0.780. The molecule has 1 saturated heterocycles. The van der Waals surface area contributed by atoms with Crippen LogP contribution in [-0.2, 0) is 5.60 Å². The van der Waals surface area contributed by atoms with Crippen molar-refractivity contribution in [2.45, 2.75) is 24.9 Å². The molecule has 0 bridgehead atoms.